The maximum absolute atomic E-state index is 14.2. The van der Waals surface area contributed by atoms with E-state index in [-0.39, 0.29) is 24.2 Å². The van der Waals surface area contributed by atoms with Crippen molar-refractivity contribution in [1.29, 1.82) is 0 Å². The van der Waals surface area contributed by atoms with E-state index in [2.05, 4.69) is 101 Å². The van der Waals surface area contributed by atoms with E-state index in [1.54, 1.807) is 24.3 Å². The molecule has 0 aliphatic heterocycles. The Morgan fingerprint density at radius 3 is 1.04 bits per heavy atom. The van der Waals surface area contributed by atoms with Gasteiger partial charge in [0.15, 0.2) is 6.04 Å². The first kappa shape index (κ1) is 107. The smallest absolute Gasteiger partial charge is 0.328 e. The van der Waals surface area contributed by atoms with Crippen molar-refractivity contribution in [3.63, 3.8) is 0 Å². The first-order valence-corrected chi connectivity index (χ1v) is 40.0. The number of phenols is 1. The fraction of sp³-hybridized carbons (Fsp3) is 0.521. The fourth-order valence-electron chi connectivity index (χ4n) is 11.5. The number of nitrogens with one attached hydrogen (secondary N) is 15. The minimum absolute atomic E-state index is 0.229. The SMILES string of the molecule is C[C@@H](O)[C@H](NC(=O)[C@H](CCC(=O)O)NC(=O)[C@H](Cc1ccc(O)cc1)NC(=O)[C@H](CS)NC(=O)[C@@H](NC(=O)[C@H](CS)NC(=O)[C@@H](NC(=O)[C@H](CCC(=O)O)NC(=O)[C@H](CS)NC(=O)[C@H](CC(N)=O)NC(=O)[C@H](CC(=O)O)NC(=O)[C@@H](NC(=O)[C@H](CCC(N)=O)NC(=O)[C@H](Cc1c[nH]c2ccccc12)NC(=O)[C@@H](N)CCC(=O)O)[C@@H](C)O)[C@@H](C)O)[C@@H](C)O)C(=O)O. The number of aliphatic hydroxyl groups is 4. The van der Waals surface area contributed by atoms with E-state index >= 15 is 0 Å². The fourth-order valence-corrected chi connectivity index (χ4v) is 12.3. The zero-order valence-electron chi connectivity index (χ0n) is 67.4. The van der Waals surface area contributed by atoms with E-state index < -0.39 is 321 Å². The number of carbonyl (C=O) groups excluding carboxylic acids is 16. The van der Waals surface area contributed by atoms with Gasteiger partial charge in [0, 0.05) is 72.9 Å². The Kier molecular flexibility index (Phi) is 44.5. The van der Waals surface area contributed by atoms with Crippen LogP contribution in [-0.4, -0.2) is 313 Å². The number of benzene rings is 2. The molecule has 0 spiro atoms. The predicted octanol–water partition coefficient (Wildman–Crippen LogP) is -10.6. The molecule has 0 aliphatic carbocycles. The number of aromatic hydroxyl groups is 1. The lowest BCUT2D eigenvalue weighted by Crippen LogP contribution is -2.63. The number of aliphatic carboxylic acids is 5. The second-order valence-electron chi connectivity index (χ2n) is 28.5. The molecule has 0 bridgehead atoms. The van der Waals surface area contributed by atoms with Crippen molar-refractivity contribution in [3.8, 4) is 5.75 Å². The summed E-state index contributed by atoms with van der Waals surface area (Å²) in [6, 6.07) is -17.2. The monoisotopic (exact) mass is 1820 g/mol. The van der Waals surface area contributed by atoms with Crippen LogP contribution in [0.2, 0.25) is 0 Å². The first-order chi connectivity index (χ1) is 58.5. The molecule has 31 N–H and O–H groups in total. The molecule has 690 valence electrons. The summed E-state index contributed by atoms with van der Waals surface area (Å²) in [4.78, 5) is 281. The second-order valence-corrected chi connectivity index (χ2v) is 29.6. The number of aromatic nitrogens is 1. The van der Waals surface area contributed by atoms with E-state index in [0.29, 0.717) is 16.5 Å². The maximum Gasteiger partial charge on any atom is 0.328 e. The van der Waals surface area contributed by atoms with Gasteiger partial charge in [-0.2, -0.15) is 37.9 Å². The van der Waals surface area contributed by atoms with Crippen LogP contribution in [0.4, 0.5) is 0 Å². The largest absolute Gasteiger partial charge is 0.508 e. The molecule has 1 heterocycles. The molecule has 0 radical (unpaired) electrons. The van der Waals surface area contributed by atoms with Crippen LogP contribution in [0.1, 0.15) is 103 Å². The van der Waals surface area contributed by atoms with Crippen LogP contribution in [0.15, 0.2) is 54.7 Å². The number of aliphatic hydroxyl groups excluding tert-OH is 4. The highest BCUT2D eigenvalue weighted by molar-refractivity contribution is 7.80. The van der Waals surface area contributed by atoms with Gasteiger partial charge in [0.1, 0.15) is 84.3 Å². The van der Waals surface area contributed by atoms with Gasteiger partial charge in [-0.15, -0.1) is 0 Å². The maximum atomic E-state index is 14.2. The number of primary amides is 2. The lowest BCUT2D eigenvalue weighted by Gasteiger charge is -2.29. The van der Waals surface area contributed by atoms with Crippen LogP contribution in [0.3, 0.4) is 0 Å². The zero-order valence-corrected chi connectivity index (χ0v) is 70.1. The van der Waals surface area contributed by atoms with Crippen LogP contribution < -0.4 is 91.6 Å². The number of phenolic OH excluding ortho intramolecular Hbond substituents is 1. The Hall–Kier alpha value is -12.5. The van der Waals surface area contributed by atoms with Gasteiger partial charge in [-0.3, -0.25) is 95.9 Å². The number of fused-ring (bicyclic) bond motifs is 1. The Balaban J connectivity index is 1.85. The molecule has 19 atom stereocenters. The molecule has 3 aromatic rings. The third-order valence-electron chi connectivity index (χ3n) is 18.3. The Bertz CT molecular complexity index is 4390. The van der Waals surface area contributed by atoms with Crippen molar-refractivity contribution in [2.24, 2.45) is 17.2 Å². The van der Waals surface area contributed by atoms with Crippen molar-refractivity contribution >= 4 is 173 Å². The van der Waals surface area contributed by atoms with Gasteiger partial charge in [-0.25, -0.2) is 4.79 Å². The topological polar surface area (TPSA) is 823 Å². The van der Waals surface area contributed by atoms with E-state index in [1.165, 1.54) is 30.5 Å². The number of aromatic amines is 1. The summed E-state index contributed by atoms with van der Waals surface area (Å²) in [6.07, 6.45) is -14.6. The van der Waals surface area contributed by atoms with Gasteiger partial charge in [-0.1, -0.05) is 30.3 Å². The molecule has 49 nitrogen and oxygen atoms in total. The normalized spacial score (nSPS) is 15.7. The van der Waals surface area contributed by atoms with Crippen molar-refractivity contribution in [2.75, 3.05) is 17.3 Å². The van der Waals surface area contributed by atoms with E-state index in [0.717, 1.165) is 27.7 Å². The molecule has 0 fully saturated rings. The van der Waals surface area contributed by atoms with E-state index in [4.69, 9.17) is 17.2 Å². The summed E-state index contributed by atoms with van der Waals surface area (Å²) in [5.41, 5.74) is 18.0. The van der Waals surface area contributed by atoms with Gasteiger partial charge >= 0.3 is 29.8 Å². The molecular formula is C73H104N18O31S3. The third kappa shape index (κ3) is 36.5. The number of para-hydroxylation sites is 1. The molecule has 0 saturated heterocycles. The van der Waals surface area contributed by atoms with Crippen molar-refractivity contribution in [3.05, 3.63) is 65.9 Å². The van der Waals surface area contributed by atoms with Gasteiger partial charge in [0.2, 0.25) is 94.5 Å². The highest BCUT2D eigenvalue weighted by Gasteiger charge is 2.41. The molecule has 0 saturated carbocycles. The summed E-state index contributed by atoms with van der Waals surface area (Å²) in [5, 5.41) is 131. The minimum atomic E-state index is -2.31. The average molecular weight is 1830 g/mol. The van der Waals surface area contributed by atoms with E-state index in [9.17, 15) is 152 Å². The number of nitrogens with two attached hydrogens (primary N) is 3. The molecule has 3 rings (SSSR count). The number of H-pyrrole nitrogens is 1. The lowest BCUT2D eigenvalue weighted by molar-refractivity contribution is -0.145. The highest BCUT2D eigenvalue weighted by Crippen LogP contribution is 2.21. The average Bonchev–Trinajstić information content (AvgIpc) is 1.26. The van der Waals surface area contributed by atoms with Gasteiger partial charge in [0.25, 0.3) is 0 Å². The number of rotatable bonds is 56. The van der Waals surface area contributed by atoms with E-state index in [1.807, 2.05) is 16.0 Å². The van der Waals surface area contributed by atoms with Crippen LogP contribution in [0.5, 0.6) is 5.75 Å². The number of thiol groups is 3. The second kappa shape index (κ2) is 52.2. The molecule has 2 aromatic carbocycles. The quantitative estimate of drug-likeness (QED) is 0.0233. The summed E-state index contributed by atoms with van der Waals surface area (Å²) in [5.74, 6) is -31.1. The summed E-state index contributed by atoms with van der Waals surface area (Å²) >= 11 is 12.3. The summed E-state index contributed by atoms with van der Waals surface area (Å²) in [7, 11) is 0. The van der Waals surface area contributed by atoms with Crippen LogP contribution in [0, 0.1) is 0 Å². The van der Waals surface area contributed by atoms with Crippen LogP contribution >= 0.6 is 37.9 Å². The predicted molar refractivity (Wildman–Crippen MR) is 440 cm³/mol. The number of carbonyl (C=O) groups is 21. The molecule has 16 amide bonds. The van der Waals surface area contributed by atoms with Crippen molar-refractivity contribution in [2.45, 2.75) is 220 Å². The highest BCUT2D eigenvalue weighted by atomic mass is 32.1. The first-order valence-electron chi connectivity index (χ1n) is 38.1. The molecule has 1 aromatic heterocycles. The Morgan fingerprint density at radius 1 is 0.344 bits per heavy atom. The number of hydrogen-bond acceptors (Lipinski definition) is 30. The van der Waals surface area contributed by atoms with Gasteiger partial charge in [0.05, 0.1) is 43.3 Å². The molecule has 0 aliphatic rings. The summed E-state index contributed by atoms with van der Waals surface area (Å²) < 4.78 is 0. The molecule has 52 heteroatoms. The molecule has 125 heavy (non-hydrogen) atoms. The molecule has 0 unspecified atom stereocenters. The van der Waals surface area contributed by atoms with Crippen LogP contribution in [-0.2, 0) is 114 Å². The van der Waals surface area contributed by atoms with Gasteiger partial charge < -0.3 is 148 Å². The minimum Gasteiger partial charge on any atom is -0.508 e. The van der Waals surface area contributed by atoms with Gasteiger partial charge in [-0.05, 0) is 82.7 Å². The number of hydrogen-bond donors (Lipinski definition) is 31. The Labute approximate surface area is 726 Å². The summed E-state index contributed by atoms with van der Waals surface area (Å²) in [6.45, 7) is 3.88. The van der Waals surface area contributed by atoms with Crippen molar-refractivity contribution in [1.82, 2.24) is 79.4 Å². The Morgan fingerprint density at radius 2 is 0.656 bits per heavy atom. The number of carboxylic acid groups (broad SMARTS) is 5. The van der Waals surface area contributed by atoms with Crippen LogP contribution in [0.25, 0.3) is 10.9 Å². The molecular weight excluding hydrogens is 1720 g/mol. The standard InChI is InChI=1S/C73H104N18O31S3/c1-29(92)55(88-60(108)39(14-17-49(75)97)78-64(112)43(81-59(107)37(74)13-18-51(99)100)22-34-25-77-38-8-6-5-7-36(34)38)70(118)84-45(24-54(105)106)66(114)83-44(23-50(76)98)65(113)85-46(26-123)67(115)80-40(15-19-52(101)102)61(109)89-56(30(2)93)71(119)87-48(28-125)69(117)90-57(31(3)94)72(120)86-47(27-124)68(116)82-42(21-33-9-11-35(96)12-10-33)63(111)79-41(16-20-53(103)104)62(110)91-58(32(4)95)73(121)122/h5-12,25,29-32,37,39-48,55-58,77,92-96,123-125H,13-24,26-28,74H2,1-4H3,(H2,75,97)(H2,76,98)(H,78,112)(H,79,111)(H,80,115)(H,81,107)(H,82,116)(H,83,114)(H,84,118)(H,85,113)(H,86,120)(H,87,119)(H,88,108)(H,89,109)(H,90,117)(H,91,110)(H,99,100)(H,101,102)(H,103,104)(H,105,106)(H,121,122)/t29-,30-,31-,32-,37+,39+,40+,41+,42+,43+,44+,45+,46+,47+,48+,55+,56+,57+,58+/m1/s1. The zero-order chi connectivity index (χ0) is 94.6. The number of carboxylic acids is 5. The lowest BCUT2D eigenvalue weighted by atomic mass is 10.0. The third-order valence-corrected chi connectivity index (χ3v) is 19.4. The van der Waals surface area contributed by atoms with Crippen molar-refractivity contribution < 1.29 is 152 Å². The number of amides is 16.